The number of urea groups is 1. The second-order valence-electron chi connectivity index (χ2n) is 4.63. The number of nitrogens with zero attached hydrogens (tertiary/aromatic N) is 1. The first-order chi connectivity index (χ1) is 10.1. The molecule has 0 bridgehead atoms. The van der Waals surface area contributed by atoms with Crippen LogP contribution >= 0.6 is 0 Å². The molecule has 2 amide bonds. The summed E-state index contributed by atoms with van der Waals surface area (Å²) in [5.74, 6) is -0.791. The molecule has 0 heterocycles. The van der Waals surface area contributed by atoms with Gasteiger partial charge in [-0.25, -0.2) is 4.79 Å². The molecule has 0 atom stereocenters. The molecule has 0 aliphatic heterocycles. The average molecular weight is 289 g/mol. The van der Waals surface area contributed by atoms with E-state index in [-0.39, 0.29) is 12.5 Å². The normalized spacial score (nSPS) is 9.67. The van der Waals surface area contributed by atoms with E-state index in [1.165, 1.54) is 0 Å². The topological polar surface area (TPSA) is 102 Å². The van der Waals surface area contributed by atoms with Gasteiger partial charge in [-0.2, -0.15) is 5.26 Å². The van der Waals surface area contributed by atoms with Crippen molar-refractivity contribution in [2.45, 2.75) is 32.2 Å². The zero-order chi connectivity index (χ0) is 15.5. The molecule has 112 valence electrons. The molecule has 0 saturated carbocycles. The number of nitrogens with one attached hydrogen (secondary N) is 2. The van der Waals surface area contributed by atoms with Gasteiger partial charge < -0.3 is 15.7 Å². The number of hydrogen-bond donors (Lipinski definition) is 3. The molecule has 1 rings (SSSR count). The molecular weight excluding hydrogens is 270 g/mol. The molecule has 0 radical (unpaired) electrons. The lowest BCUT2D eigenvalue weighted by molar-refractivity contribution is -0.137. The zero-order valence-electron chi connectivity index (χ0n) is 11.8. The van der Waals surface area contributed by atoms with Crippen LogP contribution in [-0.2, 0) is 11.3 Å². The Kier molecular flexibility index (Phi) is 7.36. The van der Waals surface area contributed by atoms with Gasteiger partial charge in [0, 0.05) is 19.5 Å². The Bertz CT molecular complexity index is 523. The van der Waals surface area contributed by atoms with Crippen LogP contribution in [0.3, 0.4) is 0 Å². The lowest BCUT2D eigenvalue weighted by Gasteiger charge is -2.07. The molecule has 6 nitrogen and oxygen atoms in total. The molecule has 1 aromatic rings. The number of carbonyl (C=O) groups is 2. The van der Waals surface area contributed by atoms with Crippen LogP contribution in [0.15, 0.2) is 24.3 Å². The van der Waals surface area contributed by atoms with E-state index < -0.39 is 5.97 Å². The largest absolute Gasteiger partial charge is 0.481 e. The van der Waals surface area contributed by atoms with E-state index in [1.807, 2.05) is 12.1 Å². The van der Waals surface area contributed by atoms with E-state index in [0.717, 1.165) is 18.4 Å². The Hall–Kier alpha value is -2.55. The molecule has 6 heteroatoms. The van der Waals surface area contributed by atoms with E-state index in [0.29, 0.717) is 25.1 Å². The predicted molar refractivity (Wildman–Crippen MR) is 77.5 cm³/mol. The second kappa shape index (κ2) is 9.37. The minimum Gasteiger partial charge on any atom is -0.481 e. The highest BCUT2D eigenvalue weighted by Crippen LogP contribution is 2.03. The molecular formula is C15H19N3O3. The van der Waals surface area contributed by atoms with Crippen LogP contribution in [-0.4, -0.2) is 23.7 Å². The number of carboxylic acids is 1. The fourth-order valence-electron chi connectivity index (χ4n) is 1.78. The van der Waals surface area contributed by atoms with Gasteiger partial charge in [0.25, 0.3) is 0 Å². The minimum absolute atomic E-state index is 0.168. The average Bonchev–Trinajstić information content (AvgIpc) is 2.48. The van der Waals surface area contributed by atoms with Crippen LogP contribution in [0.4, 0.5) is 4.79 Å². The first-order valence-corrected chi connectivity index (χ1v) is 6.84. The van der Waals surface area contributed by atoms with Gasteiger partial charge in [0.2, 0.25) is 0 Å². The number of carbonyl (C=O) groups excluding carboxylic acids is 1. The van der Waals surface area contributed by atoms with Crippen molar-refractivity contribution in [2.24, 2.45) is 0 Å². The summed E-state index contributed by atoms with van der Waals surface area (Å²) in [6, 6.07) is 8.83. The Labute approximate surface area is 123 Å². The molecule has 0 aliphatic rings. The lowest BCUT2D eigenvalue weighted by atomic mass is 10.1. The number of unbranched alkanes of at least 4 members (excludes halogenated alkanes) is 2. The molecule has 1 aromatic carbocycles. The molecule has 21 heavy (non-hydrogen) atoms. The highest BCUT2D eigenvalue weighted by Gasteiger charge is 2.01. The molecule has 3 N–H and O–H groups in total. The molecule has 0 spiro atoms. The second-order valence-corrected chi connectivity index (χ2v) is 4.63. The maximum Gasteiger partial charge on any atom is 0.315 e. The number of amides is 2. The van der Waals surface area contributed by atoms with Gasteiger partial charge in [0.15, 0.2) is 0 Å². The first kappa shape index (κ1) is 16.5. The van der Waals surface area contributed by atoms with Gasteiger partial charge in [-0.15, -0.1) is 0 Å². The van der Waals surface area contributed by atoms with Crippen LogP contribution in [0, 0.1) is 11.3 Å². The van der Waals surface area contributed by atoms with Crippen LogP contribution in [0.1, 0.15) is 36.8 Å². The maximum absolute atomic E-state index is 11.5. The highest BCUT2D eigenvalue weighted by molar-refractivity contribution is 5.73. The standard InChI is InChI=1S/C15H19N3O3/c16-10-12-5-4-6-13(9-12)11-18-15(21)17-8-3-1-2-7-14(19)20/h4-6,9H,1-3,7-8,11H2,(H,19,20)(H2,17,18,21). The van der Waals surface area contributed by atoms with Crippen LogP contribution in [0.2, 0.25) is 0 Å². The summed E-state index contributed by atoms with van der Waals surface area (Å²) in [4.78, 5) is 21.8. The van der Waals surface area contributed by atoms with Crippen molar-refractivity contribution in [1.82, 2.24) is 10.6 Å². The van der Waals surface area contributed by atoms with Crippen molar-refractivity contribution in [1.29, 1.82) is 5.26 Å². The molecule has 0 aliphatic carbocycles. The number of benzene rings is 1. The third-order valence-electron chi connectivity index (χ3n) is 2.86. The summed E-state index contributed by atoms with van der Waals surface area (Å²) in [6.07, 6.45) is 2.32. The van der Waals surface area contributed by atoms with Crippen molar-refractivity contribution >= 4 is 12.0 Å². The van der Waals surface area contributed by atoms with Gasteiger partial charge in [-0.3, -0.25) is 4.79 Å². The predicted octanol–water partition coefficient (Wildman–Crippen LogP) is 2.00. The van der Waals surface area contributed by atoms with E-state index in [2.05, 4.69) is 10.6 Å². The quantitative estimate of drug-likeness (QED) is 0.637. The fraction of sp³-hybridized carbons (Fsp3) is 0.400. The van der Waals surface area contributed by atoms with Gasteiger partial charge in [0.1, 0.15) is 0 Å². The maximum atomic E-state index is 11.5. The van der Waals surface area contributed by atoms with E-state index in [9.17, 15) is 9.59 Å². The Morgan fingerprint density at radius 3 is 2.71 bits per heavy atom. The third-order valence-corrected chi connectivity index (χ3v) is 2.86. The van der Waals surface area contributed by atoms with E-state index in [1.54, 1.807) is 18.2 Å². The van der Waals surface area contributed by atoms with Crippen molar-refractivity contribution in [3.05, 3.63) is 35.4 Å². The van der Waals surface area contributed by atoms with Gasteiger partial charge >= 0.3 is 12.0 Å². The summed E-state index contributed by atoms with van der Waals surface area (Å²) in [5, 5.41) is 22.7. The smallest absolute Gasteiger partial charge is 0.315 e. The third kappa shape index (κ3) is 7.57. The number of nitriles is 1. The Morgan fingerprint density at radius 1 is 1.19 bits per heavy atom. The summed E-state index contributed by atoms with van der Waals surface area (Å²) in [6.45, 7) is 0.879. The number of aliphatic carboxylic acids is 1. The van der Waals surface area contributed by atoms with Crippen molar-refractivity contribution in [2.75, 3.05) is 6.54 Å². The first-order valence-electron chi connectivity index (χ1n) is 6.84. The molecule has 0 saturated heterocycles. The fourth-order valence-corrected chi connectivity index (χ4v) is 1.78. The van der Waals surface area contributed by atoms with E-state index >= 15 is 0 Å². The Balaban J connectivity index is 2.14. The molecule has 0 fully saturated rings. The molecule has 0 aromatic heterocycles. The summed E-state index contributed by atoms with van der Waals surface area (Å²) in [5.41, 5.74) is 1.43. The van der Waals surface area contributed by atoms with Gasteiger partial charge in [-0.1, -0.05) is 18.6 Å². The van der Waals surface area contributed by atoms with Gasteiger partial charge in [-0.05, 0) is 30.5 Å². The van der Waals surface area contributed by atoms with Gasteiger partial charge in [0.05, 0.1) is 11.6 Å². The number of hydrogen-bond acceptors (Lipinski definition) is 3. The van der Waals surface area contributed by atoms with Crippen LogP contribution in [0.5, 0.6) is 0 Å². The minimum atomic E-state index is -0.791. The van der Waals surface area contributed by atoms with Crippen LogP contribution in [0.25, 0.3) is 0 Å². The van der Waals surface area contributed by atoms with E-state index in [4.69, 9.17) is 10.4 Å². The highest BCUT2D eigenvalue weighted by atomic mass is 16.4. The summed E-state index contributed by atoms with van der Waals surface area (Å²) >= 11 is 0. The number of rotatable bonds is 8. The van der Waals surface area contributed by atoms with Crippen molar-refractivity contribution < 1.29 is 14.7 Å². The van der Waals surface area contributed by atoms with Crippen molar-refractivity contribution in [3.8, 4) is 6.07 Å². The van der Waals surface area contributed by atoms with Crippen molar-refractivity contribution in [3.63, 3.8) is 0 Å². The number of carboxylic acid groups (broad SMARTS) is 1. The summed E-state index contributed by atoms with van der Waals surface area (Å²) < 4.78 is 0. The SMILES string of the molecule is N#Cc1cccc(CNC(=O)NCCCCCC(=O)O)c1. The molecule has 0 unspecified atom stereocenters. The monoisotopic (exact) mass is 289 g/mol. The Morgan fingerprint density at radius 2 is 2.00 bits per heavy atom. The zero-order valence-corrected chi connectivity index (χ0v) is 11.8. The van der Waals surface area contributed by atoms with Crippen LogP contribution < -0.4 is 10.6 Å². The lowest BCUT2D eigenvalue weighted by Crippen LogP contribution is -2.35. The summed E-state index contributed by atoms with van der Waals surface area (Å²) in [7, 11) is 0.